The van der Waals surface area contributed by atoms with Crippen molar-refractivity contribution in [1.29, 1.82) is 0 Å². The summed E-state index contributed by atoms with van der Waals surface area (Å²) in [5.41, 5.74) is 0. The average Bonchev–Trinajstić information content (AvgIpc) is 2.00. The van der Waals surface area contributed by atoms with Gasteiger partial charge >= 0.3 is 6.18 Å². The van der Waals surface area contributed by atoms with Gasteiger partial charge in [-0.2, -0.15) is 13.2 Å². The Labute approximate surface area is 76.0 Å². The van der Waals surface area contributed by atoms with Crippen LogP contribution in [0.2, 0.25) is 0 Å². The zero-order chi connectivity index (χ0) is 10.3. The number of ether oxygens (including phenoxy) is 2. The van der Waals surface area contributed by atoms with Gasteiger partial charge in [0.2, 0.25) is 0 Å². The molecule has 0 amide bonds. The van der Waals surface area contributed by atoms with E-state index in [1.165, 1.54) is 6.92 Å². The van der Waals surface area contributed by atoms with Crippen LogP contribution in [0.15, 0.2) is 0 Å². The van der Waals surface area contributed by atoms with Gasteiger partial charge in [0, 0.05) is 6.61 Å². The van der Waals surface area contributed by atoms with Crippen molar-refractivity contribution in [3.05, 3.63) is 0 Å². The van der Waals surface area contributed by atoms with Gasteiger partial charge in [0.1, 0.15) is 6.61 Å². The normalized spacial score (nSPS) is 14.5. The summed E-state index contributed by atoms with van der Waals surface area (Å²) in [5, 5.41) is 0. The molecule has 2 nitrogen and oxygen atoms in total. The topological polar surface area (TPSA) is 18.5 Å². The first-order valence-electron chi connectivity index (χ1n) is 4.25. The van der Waals surface area contributed by atoms with Crippen molar-refractivity contribution in [3.8, 4) is 0 Å². The summed E-state index contributed by atoms with van der Waals surface area (Å²) in [5.74, 6) is 0. The molecule has 0 aliphatic carbocycles. The first-order valence-corrected chi connectivity index (χ1v) is 4.25. The third kappa shape index (κ3) is 9.63. The lowest BCUT2D eigenvalue weighted by atomic mass is 10.4. The van der Waals surface area contributed by atoms with Gasteiger partial charge in [0.05, 0.1) is 0 Å². The van der Waals surface area contributed by atoms with E-state index in [1.807, 2.05) is 6.92 Å². The van der Waals surface area contributed by atoms with E-state index in [0.717, 1.165) is 12.8 Å². The molecule has 0 bridgehead atoms. The van der Waals surface area contributed by atoms with E-state index < -0.39 is 19.1 Å². The largest absolute Gasteiger partial charge is 0.411 e. The molecule has 0 heterocycles. The highest BCUT2D eigenvalue weighted by Gasteiger charge is 2.28. The van der Waals surface area contributed by atoms with Gasteiger partial charge in [-0.15, -0.1) is 0 Å². The third-order valence-electron chi connectivity index (χ3n) is 1.33. The maximum Gasteiger partial charge on any atom is 0.411 e. The molecule has 0 saturated carbocycles. The van der Waals surface area contributed by atoms with Gasteiger partial charge in [0.15, 0.2) is 6.29 Å². The number of hydrogen-bond acceptors (Lipinski definition) is 2. The van der Waals surface area contributed by atoms with E-state index in [9.17, 15) is 13.2 Å². The summed E-state index contributed by atoms with van der Waals surface area (Å²) >= 11 is 0. The number of unbranched alkanes of at least 4 members (excludes halogenated alkanes) is 1. The molecule has 13 heavy (non-hydrogen) atoms. The fraction of sp³-hybridized carbons (Fsp3) is 1.00. The zero-order valence-corrected chi connectivity index (χ0v) is 7.86. The molecule has 1 atom stereocenters. The van der Waals surface area contributed by atoms with Crippen molar-refractivity contribution < 1.29 is 22.6 Å². The quantitative estimate of drug-likeness (QED) is 0.484. The lowest BCUT2D eigenvalue weighted by molar-refractivity contribution is -0.224. The fourth-order valence-electron chi connectivity index (χ4n) is 0.654. The molecule has 0 aromatic heterocycles. The molecule has 0 aromatic carbocycles. The van der Waals surface area contributed by atoms with Crippen molar-refractivity contribution in [2.24, 2.45) is 0 Å². The minimum atomic E-state index is -4.28. The maximum absolute atomic E-state index is 11.6. The van der Waals surface area contributed by atoms with Crippen LogP contribution >= 0.6 is 0 Å². The van der Waals surface area contributed by atoms with Gasteiger partial charge in [0.25, 0.3) is 0 Å². The lowest BCUT2D eigenvalue weighted by Crippen LogP contribution is -2.23. The number of halogens is 3. The van der Waals surface area contributed by atoms with Crippen LogP contribution in [-0.2, 0) is 9.47 Å². The van der Waals surface area contributed by atoms with Crippen LogP contribution in [0.4, 0.5) is 13.2 Å². The molecule has 5 heteroatoms. The van der Waals surface area contributed by atoms with E-state index in [1.54, 1.807) is 0 Å². The second-order valence-electron chi connectivity index (χ2n) is 2.72. The SMILES string of the molecule is CCCCOC(C)OCC(F)(F)F. The minimum absolute atomic E-state index is 0.440. The highest BCUT2D eigenvalue weighted by atomic mass is 19.4. The smallest absolute Gasteiger partial charge is 0.353 e. The van der Waals surface area contributed by atoms with Crippen LogP contribution in [0.1, 0.15) is 26.7 Å². The molecule has 0 saturated heterocycles. The summed E-state index contributed by atoms with van der Waals surface area (Å²) in [6.07, 6.45) is -3.28. The van der Waals surface area contributed by atoms with E-state index in [-0.39, 0.29) is 0 Å². The Morgan fingerprint density at radius 1 is 1.23 bits per heavy atom. The molecule has 0 aliphatic heterocycles. The first kappa shape index (κ1) is 12.7. The van der Waals surface area contributed by atoms with Gasteiger partial charge in [-0.3, -0.25) is 0 Å². The van der Waals surface area contributed by atoms with Crippen molar-refractivity contribution in [2.45, 2.75) is 39.2 Å². The Morgan fingerprint density at radius 2 is 1.85 bits per heavy atom. The van der Waals surface area contributed by atoms with Gasteiger partial charge in [-0.25, -0.2) is 0 Å². The molecule has 0 aliphatic rings. The van der Waals surface area contributed by atoms with Crippen LogP contribution < -0.4 is 0 Å². The second-order valence-corrected chi connectivity index (χ2v) is 2.72. The van der Waals surface area contributed by atoms with Crippen LogP contribution in [-0.4, -0.2) is 25.7 Å². The molecular formula is C8H15F3O2. The summed E-state index contributed by atoms with van der Waals surface area (Å²) < 4.78 is 44.2. The maximum atomic E-state index is 11.6. The molecule has 0 spiro atoms. The third-order valence-corrected chi connectivity index (χ3v) is 1.33. The highest BCUT2D eigenvalue weighted by Crippen LogP contribution is 2.15. The van der Waals surface area contributed by atoms with Crippen LogP contribution in [0.3, 0.4) is 0 Å². The van der Waals surface area contributed by atoms with E-state index >= 15 is 0 Å². The molecule has 0 rings (SSSR count). The molecule has 0 aromatic rings. The summed E-state index contributed by atoms with van der Waals surface area (Å²) in [4.78, 5) is 0. The Balaban J connectivity index is 3.35. The monoisotopic (exact) mass is 200 g/mol. The van der Waals surface area contributed by atoms with Crippen molar-refractivity contribution in [3.63, 3.8) is 0 Å². The zero-order valence-electron chi connectivity index (χ0n) is 7.86. The van der Waals surface area contributed by atoms with E-state index in [0.29, 0.717) is 6.61 Å². The molecule has 1 unspecified atom stereocenters. The predicted molar refractivity (Wildman–Crippen MR) is 42.3 cm³/mol. The van der Waals surface area contributed by atoms with E-state index in [2.05, 4.69) is 4.74 Å². The van der Waals surface area contributed by atoms with E-state index in [4.69, 9.17) is 4.74 Å². The minimum Gasteiger partial charge on any atom is -0.353 e. The van der Waals surface area contributed by atoms with Crippen molar-refractivity contribution in [2.75, 3.05) is 13.2 Å². The molecular weight excluding hydrogens is 185 g/mol. The van der Waals surface area contributed by atoms with Gasteiger partial charge < -0.3 is 9.47 Å². The van der Waals surface area contributed by atoms with Crippen LogP contribution in [0.5, 0.6) is 0 Å². The fourth-order valence-corrected chi connectivity index (χ4v) is 0.654. The molecule has 0 radical (unpaired) electrons. The second kappa shape index (κ2) is 6.21. The predicted octanol–water partition coefficient (Wildman–Crippen LogP) is 2.73. The van der Waals surface area contributed by atoms with Crippen molar-refractivity contribution in [1.82, 2.24) is 0 Å². The molecule has 80 valence electrons. The standard InChI is InChI=1S/C8H15F3O2/c1-3-4-5-12-7(2)13-6-8(9,10)11/h7H,3-6H2,1-2H3. The number of hydrogen-bond donors (Lipinski definition) is 0. The van der Waals surface area contributed by atoms with Crippen molar-refractivity contribution >= 4 is 0 Å². The Bertz CT molecular complexity index is 125. The average molecular weight is 200 g/mol. The first-order chi connectivity index (χ1) is 5.95. The van der Waals surface area contributed by atoms with Crippen LogP contribution in [0, 0.1) is 0 Å². The molecule has 0 fully saturated rings. The Morgan fingerprint density at radius 3 is 2.31 bits per heavy atom. The lowest BCUT2D eigenvalue weighted by Gasteiger charge is -2.14. The highest BCUT2D eigenvalue weighted by molar-refractivity contribution is 4.46. The summed E-state index contributed by atoms with van der Waals surface area (Å²) in [6.45, 7) is 2.63. The Hall–Kier alpha value is -0.290. The summed E-state index contributed by atoms with van der Waals surface area (Å²) in [7, 11) is 0. The summed E-state index contributed by atoms with van der Waals surface area (Å²) in [6, 6.07) is 0. The van der Waals surface area contributed by atoms with Gasteiger partial charge in [-0.05, 0) is 13.3 Å². The number of rotatable bonds is 6. The molecule has 0 N–H and O–H groups in total. The Kier molecular flexibility index (Phi) is 6.07. The van der Waals surface area contributed by atoms with Gasteiger partial charge in [-0.1, -0.05) is 13.3 Å². The van der Waals surface area contributed by atoms with Crippen LogP contribution in [0.25, 0.3) is 0 Å². The number of alkyl halides is 3.